The molecule has 0 unspecified atom stereocenters. The normalized spacial score (nSPS) is 28.1. The molecule has 6 atom stereocenters. The lowest BCUT2D eigenvalue weighted by Gasteiger charge is -2.50. The molecule has 2 aliphatic carbocycles. The number of ether oxygens (including phenoxy) is 1. The topological polar surface area (TPSA) is 147 Å². The maximum absolute atomic E-state index is 15.2. The summed E-state index contributed by atoms with van der Waals surface area (Å²) in [6.07, 6.45) is 0.553. The molecule has 3 fully saturated rings. The number of nitro groups is 1. The number of carbonyl (C=O) groups is 4. The highest BCUT2D eigenvalue weighted by atomic mass is 35.5. The second kappa shape index (κ2) is 11.9. The Morgan fingerprint density at radius 2 is 1.48 bits per heavy atom. The lowest BCUT2D eigenvalue weighted by Crippen LogP contribution is -2.60. The predicted octanol–water partition coefficient (Wildman–Crippen LogP) is 6.43. The van der Waals surface area contributed by atoms with E-state index in [2.05, 4.69) is 0 Å². The molecule has 52 heavy (non-hydrogen) atoms. The zero-order chi connectivity index (χ0) is 37.9. The second-order valence-corrected chi connectivity index (χ2v) is 14.2. The van der Waals surface area contributed by atoms with Crippen LogP contribution in [-0.4, -0.2) is 50.5 Å². The summed E-state index contributed by atoms with van der Waals surface area (Å²) in [6, 6.07) is 6.79. The van der Waals surface area contributed by atoms with Gasteiger partial charge in [-0.05, 0) is 48.6 Å². The molecular weight excluding hydrogens is 768 g/mol. The fourth-order valence-corrected chi connectivity index (χ4v) is 8.99. The van der Waals surface area contributed by atoms with Gasteiger partial charge in [-0.25, -0.2) is 26.9 Å². The molecule has 0 spiro atoms. The number of imide groups is 2. The number of amides is 4. The Balaban J connectivity index is 1.43. The number of benzene rings is 3. The number of hydrogen-bond donors (Lipinski definition) is 1. The lowest BCUT2D eigenvalue weighted by molar-refractivity contribution is -0.384. The zero-order valence-electron chi connectivity index (χ0n) is 25.9. The van der Waals surface area contributed by atoms with Gasteiger partial charge in [0.1, 0.15) is 5.69 Å². The van der Waals surface area contributed by atoms with Gasteiger partial charge in [0.2, 0.25) is 17.6 Å². The maximum Gasteiger partial charge on any atom is 0.269 e. The highest BCUT2D eigenvalue weighted by Gasteiger charge is 2.77. The van der Waals surface area contributed by atoms with E-state index in [1.54, 1.807) is 0 Å². The Kier molecular flexibility index (Phi) is 8.12. The summed E-state index contributed by atoms with van der Waals surface area (Å²) in [5.74, 6) is -23.6. The number of methoxy groups -OCH3 is 1. The van der Waals surface area contributed by atoms with E-state index >= 15 is 8.78 Å². The number of alkyl halides is 2. The summed E-state index contributed by atoms with van der Waals surface area (Å²) in [5, 5.41) is 21.3. The van der Waals surface area contributed by atoms with Gasteiger partial charge in [-0.3, -0.25) is 34.2 Å². The van der Waals surface area contributed by atoms with Crippen LogP contribution in [0.5, 0.6) is 11.5 Å². The van der Waals surface area contributed by atoms with Crippen molar-refractivity contribution in [2.75, 3.05) is 16.9 Å². The fourth-order valence-electron chi connectivity index (χ4n) is 7.83. The van der Waals surface area contributed by atoms with Crippen LogP contribution in [0.15, 0.2) is 48.0 Å². The van der Waals surface area contributed by atoms with Gasteiger partial charge in [0.15, 0.2) is 44.5 Å². The largest absolute Gasteiger partial charge is 0.503 e. The van der Waals surface area contributed by atoms with E-state index in [1.165, 1.54) is 18.2 Å². The molecule has 11 nitrogen and oxygen atoms in total. The van der Waals surface area contributed by atoms with Crippen molar-refractivity contribution in [1.29, 1.82) is 0 Å². The average Bonchev–Trinajstić information content (AvgIpc) is 3.45. The number of aromatic hydroxyl groups is 1. The number of nitro benzene ring substituents is 1. The molecule has 4 amide bonds. The summed E-state index contributed by atoms with van der Waals surface area (Å²) in [5.41, 5.74) is -2.24. The number of anilines is 2. The molecule has 7 rings (SSSR count). The van der Waals surface area contributed by atoms with E-state index in [0.717, 1.165) is 36.3 Å². The number of fused-ring (bicyclic) bond motifs is 4. The minimum Gasteiger partial charge on any atom is -0.503 e. The molecule has 1 saturated carbocycles. The van der Waals surface area contributed by atoms with Gasteiger partial charge >= 0.3 is 0 Å². The van der Waals surface area contributed by atoms with Crippen LogP contribution in [0.4, 0.5) is 39.0 Å². The Morgan fingerprint density at radius 1 is 0.885 bits per heavy atom. The van der Waals surface area contributed by atoms with E-state index in [1.807, 2.05) is 0 Å². The van der Waals surface area contributed by atoms with Crippen molar-refractivity contribution in [2.45, 2.75) is 28.5 Å². The number of allylic oxidation sites excluding steroid dienone is 2. The number of non-ortho nitro benzene ring substituents is 1. The van der Waals surface area contributed by atoms with Gasteiger partial charge in [-0.2, -0.15) is 0 Å². The monoisotopic (exact) mass is 785 g/mol. The minimum atomic E-state index is -2.82. The molecule has 2 heterocycles. The first kappa shape index (κ1) is 35.6. The maximum atomic E-state index is 15.2. The summed E-state index contributed by atoms with van der Waals surface area (Å²) in [6.45, 7) is 0. The van der Waals surface area contributed by atoms with Crippen LogP contribution in [0.2, 0.25) is 5.02 Å². The molecule has 2 saturated heterocycles. The molecule has 3 aromatic rings. The van der Waals surface area contributed by atoms with E-state index in [0.29, 0.717) is 0 Å². The molecule has 270 valence electrons. The van der Waals surface area contributed by atoms with Crippen LogP contribution in [-0.2, 0) is 19.2 Å². The van der Waals surface area contributed by atoms with E-state index < -0.39 is 109 Å². The summed E-state index contributed by atoms with van der Waals surface area (Å²) >= 11 is 20.5. The van der Waals surface area contributed by atoms with Crippen LogP contribution in [0.3, 0.4) is 0 Å². The van der Waals surface area contributed by atoms with Crippen molar-refractivity contribution in [3.63, 3.8) is 0 Å². The first-order valence-electron chi connectivity index (χ1n) is 15.1. The van der Waals surface area contributed by atoms with Crippen molar-refractivity contribution < 1.29 is 55.9 Å². The first-order chi connectivity index (χ1) is 24.4. The minimum absolute atomic E-state index is 0.0177. The van der Waals surface area contributed by atoms with Crippen molar-refractivity contribution in [3.8, 4) is 11.5 Å². The van der Waals surface area contributed by atoms with Crippen molar-refractivity contribution in [2.24, 2.45) is 17.8 Å². The van der Waals surface area contributed by atoms with Gasteiger partial charge in [0.25, 0.3) is 17.5 Å². The molecule has 0 radical (unpaired) electrons. The SMILES string of the molecule is COc1cc([C@H]2C3=CC[C@@H]4C(=O)N(c5ccc([N+](=O)[O-])cc5)C(=O)[C@@H]4[C@@H]3C[C@@]3(Cl)C(=O)N(c4c(F)c(F)c(F)c(F)c4F)C(=O)[C@@]23Cl)cc(Cl)c1O. The Morgan fingerprint density at radius 3 is 2.06 bits per heavy atom. The zero-order valence-corrected chi connectivity index (χ0v) is 28.2. The highest BCUT2D eigenvalue weighted by molar-refractivity contribution is 6.58. The molecular formula is C33H19Cl3F5N3O8. The van der Waals surface area contributed by atoms with Gasteiger partial charge in [-0.1, -0.05) is 23.3 Å². The molecule has 2 aliphatic heterocycles. The average molecular weight is 787 g/mol. The number of hydrogen-bond acceptors (Lipinski definition) is 8. The van der Waals surface area contributed by atoms with E-state index in [-0.39, 0.29) is 44.6 Å². The van der Waals surface area contributed by atoms with Gasteiger partial charge in [0.05, 0.1) is 34.6 Å². The molecule has 4 aliphatic rings. The number of nitrogens with zero attached hydrogens (tertiary/aromatic N) is 3. The van der Waals surface area contributed by atoms with Gasteiger partial charge < -0.3 is 9.84 Å². The predicted molar refractivity (Wildman–Crippen MR) is 172 cm³/mol. The van der Waals surface area contributed by atoms with Crippen LogP contribution >= 0.6 is 34.8 Å². The third kappa shape index (κ3) is 4.49. The van der Waals surface area contributed by atoms with Crippen LogP contribution in [0.1, 0.15) is 24.3 Å². The molecule has 3 aromatic carbocycles. The third-order valence-electron chi connectivity index (χ3n) is 10.1. The van der Waals surface area contributed by atoms with Crippen LogP contribution in [0, 0.1) is 57.0 Å². The van der Waals surface area contributed by atoms with E-state index in [4.69, 9.17) is 39.5 Å². The van der Waals surface area contributed by atoms with Crippen LogP contribution in [0.25, 0.3) is 0 Å². The number of rotatable bonds is 5. The Labute approximate surface area is 303 Å². The van der Waals surface area contributed by atoms with Crippen molar-refractivity contribution in [1.82, 2.24) is 0 Å². The number of halogens is 8. The second-order valence-electron chi connectivity index (χ2n) is 12.5. The summed E-state index contributed by atoms with van der Waals surface area (Å²) < 4.78 is 78.6. The lowest BCUT2D eigenvalue weighted by atomic mass is 9.56. The van der Waals surface area contributed by atoms with Crippen LogP contribution < -0.4 is 14.5 Å². The number of phenols is 1. The van der Waals surface area contributed by atoms with Crippen molar-refractivity contribution >= 4 is 75.5 Å². The smallest absolute Gasteiger partial charge is 0.269 e. The molecule has 0 aromatic heterocycles. The number of phenolic OH excluding ortho intramolecular Hbond substituents is 1. The summed E-state index contributed by atoms with van der Waals surface area (Å²) in [4.78, 5) is 62.0. The third-order valence-corrected chi connectivity index (χ3v) is 11.8. The van der Waals surface area contributed by atoms with Crippen molar-refractivity contribution in [3.05, 3.63) is 97.8 Å². The van der Waals surface area contributed by atoms with Gasteiger partial charge in [-0.15, -0.1) is 23.2 Å². The molecule has 0 bridgehead atoms. The van der Waals surface area contributed by atoms with E-state index in [9.17, 15) is 47.6 Å². The molecule has 1 N–H and O–H groups in total. The number of carbonyl (C=O) groups excluding carboxylic acids is 4. The highest BCUT2D eigenvalue weighted by Crippen LogP contribution is 2.66. The standard InChI is InChI=1S/C33H19Cl3F5N3O8/c1-52-18-9-11(8-17(34)27(18)45)20-14-6-7-15-19(29(47)42(28(15)46)12-2-4-13(5-3-12)44(50)51)16(14)10-32(35)30(48)43(31(49)33(20,32)36)26-24(40)22(38)21(37)23(39)25(26)41/h2-6,8-9,15-16,19-20,45H,7,10H2,1H3/t15-,16+,19-,20-,32+,33-/m0/s1. The Hall–Kier alpha value is -4.80. The fraction of sp³-hybridized carbons (Fsp3) is 0.273. The first-order valence-corrected chi connectivity index (χ1v) is 16.2. The van der Waals surface area contributed by atoms with Gasteiger partial charge in [0, 0.05) is 18.1 Å². The Bertz CT molecular complexity index is 2200. The molecule has 19 heteroatoms. The quantitative estimate of drug-likeness (QED) is 0.0456. The summed E-state index contributed by atoms with van der Waals surface area (Å²) in [7, 11) is 1.15.